The molecule has 3 N–H and O–H groups in total. The van der Waals surface area contributed by atoms with E-state index in [2.05, 4.69) is 6.92 Å². The van der Waals surface area contributed by atoms with E-state index in [1.165, 1.54) is 88.7 Å². The average Bonchev–Trinajstić information content (AvgIpc) is 2.86. The fourth-order valence-corrected chi connectivity index (χ4v) is 6.09. The Labute approximate surface area is 216 Å². The van der Waals surface area contributed by atoms with E-state index in [0.717, 1.165) is 40.4 Å². The second-order valence-corrected chi connectivity index (χ2v) is 11.0. The fourth-order valence-electron chi connectivity index (χ4n) is 4.83. The van der Waals surface area contributed by atoms with E-state index in [1.807, 2.05) is 13.0 Å². The predicted molar refractivity (Wildman–Crippen MR) is 146 cm³/mol. The highest BCUT2D eigenvalue weighted by atomic mass is 32.2. The van der Waals surface area contributed by atoms with Gasteiger partial charge in [-0.05, 0) is 49.1 Å². The van der Waals surface area contributed by atoms with Crippen LogP contribution in [0.2, 0.25) is 0 Å². The van der Waals surface area contributed by atoms with Crippen molar-refractivity contribution in [1.82, 2.24) is 0 Å². The molecule has 3 rings (SSSR count). The number of aromatic hydroxyl groups is 3. The number of phenolic OH excluding ortho intramolecular Hbond substituents is 3. The number of phenols is 3. The number of unbranched alkanes of at least 4 members (excludes halogenated alkanes) is 12. The van der Waals surface area contributed by atoms with E-state index in [9.17, 15) is 15.3 Å². The summed E-state index contributed by atoms with van der Waals surface area (Å²) in [5.74, 6) is 1.49. The molecule has 0 radical (unpaired) electrons. The summed E-state index contributed by atoms with van der Waals surface area (Å²) in [7, 11) is 0. The minimum atomic E-state index is -0.233. The highest BCUT2D eigenvalue weighted by Gasteiger charge is 2.27. The zero-order valence-electron chi connectivity index (χ0n) is 21.7. The Kier molecular flexibility index (Phi) is 11.4. The molecule has 0 fully saturated rings. The number of rotatable bonds is 15. The number of aryl methyl sites for hydroxylation is 1. The maximum Gasteiger partial charge on any atom is 0.157 e. The molecule has 35 heavy (non-hydrogen) atoms. The van der Waals surface area contributed by atoms with Gasteiger partial charge in [-0.1, -0.05) is 90.0 Å². The van der Waals surface area contributed by atoms with Crippen molar-refractivity contribution in [1.29, 1.82) is 0 Å². The summed E-state index contributed by atoms with van der Waals surface area (Å²) in [4.78, 5) is 1.14. The first-order chi connectivity index (χ1) is 17.0. The first kappa shape index (κ1) is 27.6. The lowest BCUT2D eigenvalue weighted by atomic mass is 10.0. The van der Waals surface area contributed by atoms with Crippen molar-refractivity contribution in [2.75, 3.05) is 5.75 Å². The van der Waals surface area contributed by atoms with Crippen LogP contribution in [0.3, 0.4) is 0 Å². The van der Waals surface area contributed by atoms with Gasteiger partial charge < -0.3 is 20.1 Å². The van der Waals surface area contributed by atoms with Gasteiger partial charge in [-0.25, -0.2) is 0 Å². The standard InChI is InChI=1S/C30H44O4S/c1-3-4-5-6-7-8-9-10-11-12-13-14-15-16-24-20-26(32)22(2)29-30(24)35-21-28(34-29)23-17-18-25(31)27(33)19-23/h17-20,28,31-33H,3-16,21H2,1-2H3. The molecule has 1 unspecified atom stereocenters. The predicted octanol–water partition coefficient (Wildman–Crippen LogP) is 8.97. The van der Waals surface area contributed by atoms with Crippen LogP contribution in [0.4, 0.5) is 0 Å². The molecule has 2 aromatic carbocycles. The van der Waals surface area contributed by atoms with E-state index in [1.54, 1.807) is 23.9 Å². The van der Waals surface area contributed by atoms with Gasteiger partial charge in [-0.2, -0.15) is 0 Å². The SMILES string of the molecule is CCCCCCCCCCCCCCCc1cc(O)c(C)c2c1SCC(c1ccc(O)c(O)c1)O2. The Balaban J connectivity index is 1.41. The van der Waals surface area contributed by atoms with E-state index < -0.39 is 0 Å². The summed E-state index contributed by atoms with van der Waals surface area (Å²) in [6.07, 6.45) is 18.2. The van der Waals surface area contributed by atoms with E-state index in [0.29, 0.717) is 0 Å². The zero-order chi connectivity index (χ0) is 25.0. The molecule has 0 aliphatic carbocycles. The molecule has 0 saturated carbocycles. The molecule has 0 bridgehead atoms. The van der Waals surface area contributed by atoms with Gasteiger partial charge in [-0.3, -0.25) is 0 Å². The lowest BCUT2D eigenvalue weighted by Crippen LogP contribution is -2.16. The van der Waals surface area contributed by atoms with Crippen LogP contribution >= 0.6 is 11.8 Å². The summed E-state index contributed by atoms with van der Waals surface area (Å²) in [5, 5.41) is 30.0. The zero-order valence-corrected chi connectivity index (χ0v) is 22.5. The number of fused-ring (bicyclic) bond motifs is 1. The van der Waals surface area contributed by atoms with Gasteiger partial charge >= 0.3 is 0 Å². The van der Waals surface area contributed by atoms with Gasteiger partial charge in [0, 0.05) is 11.3 Å². The molecule has 0 spiro atoms. The summed E-state index contributed by atoms with van der Waals surface area (Å²) < 4.78 is 6.31. The van der Waals surface area contributed by atoms with E-state index in [4.69, 9.17) is 4.74 Å². The molecule has 1 aliphatic rings. The van der Waals surface area contributed by atoms with Crippen LogP contribution in [-0.2, 0) is 6.42 Å². The Morgan fingerprint density at radius 1 is 0.771 bits per heavy atom. The van der Waals surface area contributed by atoms with E-state index in [-0.39, 0.29) is 23.4 Å². The smallest absolute Gasteiger partial charge is 0.157 e. The highest BCUT2D eigenvalue weighted by molar-refractivity contribution is 7.99. The molecule has 1 aliphatic heterocycles. The van der Waals surface area contributed by atoms with Crippen LogP contribution in [-0.4, -0.2) is 21.1 Å². The molecular formula is C30H44O4S. The van der Waals surface area contributed by atoms with Crippen LogP contribution < -0.4 is 4.74 Å². The third-order valence-electron chi connectivity index (χ3n) is 7.09. The quantitative estimate of drug-likeness (QED) is 0.168. The lowest BCUT2D eigenvalue weighted by molar-refractivity contribution is 0.216. The summed E-state index contributed by atoms with van der Waals surface area (Å²) in [6, 6.07) is 6.73. The minimum absolute atomic E-state index is 0.133. The Bertz CT molecular complexity index is 927. The van der Waals surface area contributed by atoms with Crippen LogP contribution in [0.1, 0.15) is 113 Å². The third kappa shape index (κ3) is 8.27. The maximum absolute atomic E-state index is 10.5. The number of hydrogen-bond acceptors (Lipinski definition) is 5. The largest absolute Gasteiger partial charge is 0.508 e. The van der Waals surface area contributed by atoms with Gasteiger partial charge in [0.15, 0.2) is 11.5 Å². The van der Waals surface area contributed by atoms with Crippen LogP contribution in [0.25, 0.3) is 0 Å². The van der Waals surface area contributed by atoms with Gasteiger partial charge in [0.1, 0.15) is 17.6 Å². The topological polar surface area (TPSA) is 69.9 Å². The molecule has 0 saturated heterocycles. The van der Waals surface area contributed by atoms with Gasteiger partial charge in [-0.15, -0.1) is 11.8 Å². The Morgan fingerprint density at radius 2 is 1.37 bits per heavy atom. The molecule has 2 aromatic rings. The monoisotopic (exact) mass is 500 g/mol. The van der Waals surface area contributed by atoms with Gasteiger partial charge in [0.05, 0.1) is 4.90 Å². The normalized spacial score (nSPS) is 15.1. The lowest BCUT2D eigenvalue weighted by Gasteiger charge is -2.29. The Morgan fingerprint density at radius 3 is 1.97 bits per heavy atom. The second-order valence-electron chi connectivity index (χ2n) is 10.00. The first-order valence-corrected chi connectivity index (χ1v) is 14.7. The summed E-state index contributed by atoms with van der Waals surface area (Å²) in [5.41, 5.74) is 2.75. The fraction of sp³-hybridized carbons (Fsp3) is 0.600. The van der Waals surface area contributed by atoms with Crippen molar-refractivity contribution in [3.63, 3.8) is 0 Å². The first-order valence-electron chi connectivity index (χ1n) is 13.7. The number of benzene rings is 2. The van der Waals surface area contributed by atoms with Crippen LogP contribution in [0, 0.1) is 6.92 Å². The van der Waals surface area contributed by atoms with Crippen LogP contribution in [0.5, 0.6) is 23.0 Å². The minimum Gasteiger partial charge on any atom is -0.508 e. The second kappa shape index (κ2) is 14.5. The molecule has 194 valence electrons. The molecule has 0 aromatic heterocycles. The van der Waals surface area contributed by atoms with Crippen molar-refractivity contribution in [2.45, 2.75) is 115 Å². The molecule has 0 amide bonds. The molecule has 4 nitrogen and oxygen atoms in total. The van der Waals surface area contributed by atoms with Crippen molar-refractivity contribution in [2.24, 2.45) is 0 Å². The van der Waals surface area contributed by atoms with Gasteiger partial charge in [0.25, 0.3) is 0 Å². The molecule has 1 atom stereocenters. The summed E-state index contributed by atoms with van der Waals surface area (Å²) >= 11 is 1.76. The van der Waals surface area contributed by atoms with Crippen LogP contribution in [0.15, 0.2) is 29.2 Å². The van der Waals surface area contributed by atoms with Crippen molar-refractivity contribution in [3.05, 3.63) is 41.0 Å². The van der Waals surface area contributed by atoms with Gasteiger partial charge in [0.2, 0.25) is 0 Å². The number of hydrogen-bond donors (Lipinski definition) is 3. The van der Waals surface area contributed by atoms with E-state index >= 15 is 0 Å². The maximum atomic E-state index is 10.5. The molecular weight excluding hydrogens is 456 g/mol. The highest BCUT2D eigenvalue weighted by Crippen LogP contribution is 2.48. The average molecular weight is 501 g/mol. The van der Waals surface area contributed by atoms with Crippen molar-refractivity contribution >= 4 is 11.8 Å². The van der Waals surface area contributed by atoms with Crippen molar-refractivity contribution in [3.8, 4) is 23.0 Å². The molecule has 1 heterocycles. The molecule has 5 heteroatoms. The Hall–Kier alpha value is -2.01. The third-order valence-corrected chi connectivity index (χ3v) is 8.30. The summed E-state index contributed by atoms with van der Waals surface area (Å²) in [6.45, 7) is 4.16. The number of thioether (sulfide) groups is 1. The number of ether oxygens (including phenoxy) is 1. The van der Waals surface area contributed by atoms with Crippen molar-refractivity contribution < 1.29 is 20.1 Å².